The Morgan fingerprint density at radius 1 is 1.10 bits per heavy atom. The maximum absolute atomic E-state index is 13.3. The molecule has 2 aliphatic carbocycles. The lowest BCUT2D eigenvalue weighted by Crippen LogP contribution is -2.71. The third-order valence-corrected chi connectivity index (χ3v) is 10.2. The molecule has 4 aliphatic rings. The van der Waals surface area contributed by atoms with Crippen LogP contribution in [0.4, 0.5) is 0 Å². The van der Waals surface area contributed by atoms with E-state index in [4.69, 9.17) is 28.4 Å². The molecule has 3 fully saturated rings. The van der Waals surface area contributed by atoms with Crippen molar-refractivity contribution in [1.82, 2.24) is 0 Å². The lowest BCUT2D eigenvalue weighted by molar-refractivity contribution is -0.260. The minimum atomic E-state index is -1.05. The van der Waals surface area contributed by atoms with Crippen LogP contribution >= 0.6 is 0 Å². The van der Waals surface area contributed by atoms with E-state index in [0.717, 1.165) is 0 Å². The largest absolute Gasteiger partial charge is 0.465 e. The van der Waals surface area contributed by atoms with Crippen LogP contribution in [0, 0.1) is 28.6 Å². The molecule has 0 aromatic heterocycles. The standard InChI is InChI=1S/C31H44O11/c1-8-17(2)28(36)42-23-9-10-30(15-39-30)31(16-38-19(4)32)25(41-21(6)34)11-18(3)29(7,27(23)31)13-24(40-20(5)33)22-12-26(35)37-14-22/h12,17-18,23-25,27H,8-11,13-16H2,1-7H3/t17?,18-,23-,24+,25+,27-,29+,30+,31-/m1/s1. The highest BCUT2D eigenvalue weighted by Crippen LogP contribution is 2.70. The Morgan fingerprint density at radius 2 is 1.79 bits per heavy atom. The maximum Gasteiger partial charge on any atom is 0.331 e. The molecule has 4 rings (SSSR count). The molecule has 42 heavy (non-hydrogen) atoms. The molecule has 0 amide bonds. The van der Waals surface area contributed by atoms with Gasteiger partial charge in [0.05, 0.1) is 17.9 Å². The van der Waals surface area contributed by atoms with E-state index in [-0.39, 0.29) is 37.4 Å². The third kappa shape index (κ3) is 5.81. The fraction of sp³-hybridized carbons (Fsp3) is 0.774. The number of epoxide rings is 1. The Kier molecular flexibility index (Phi) is 9.11. The summed E-state index contributed by atoms with van der Waals surface area (Å²) in [4.78, 5) is 62.3. The van der Waals surface area contributed by atoms with Crippen molar-refractivity contribution in [1.29, 1.82) is 0 Å². The number of esters is 5. The molecule has 9 atom stereocenters. The van der Waals surface area contributed by atoms with Gasteiger partial charge in [-0.2, -0.15) is 0 Å². The van der Waals surface area contributed by atoms with E-state index >= 15 is 0 Å². The van der Waals surface area contributed by atoms with Crippen molar-refractivity contribution < 1.29 is 52.4 Å². The van der Waals surface area contributed by atoms with Gasteiger partial charge in [-0.1, -0.05) is 27.7 Å². The Morgan fingerprint density at radius 3 is 2.31 bits per heavy atom. The van der Waals surface area contributed by atoms with Crippen LogP contribution < -0.4 is 0 Å². The SMILES string of the molecule is CCC(C)C(=O)O[C@@H]1CC[C@]2(CO2)[C@]2(COC(C)=O)[C@@H](OC(C)=O)C[C@@H](C)[C@](C)(C[C@H](OC(C)=O)C3=CC(=O)OC3)[C@@H]12. The van der Waals surface area contributed by atoms with E-state index in [2.05, 4.69) is 6.92 Å². The number of cyclic esters (lactones) is 1. The fourth-order valence-corrected chi connectivity index (χ4v) is 7.70. The number of fused-ring (bicyclic) bond motifs is 2. The summed E-state index contributed by atoms with van der Waals surface area (Å²) in [5.41, 5.74) is -2.01. The van der Waals surface area contributed by atoms with Crippen LogP contribution in [0.1, 0.15) is 80.6 Å². The molecular formula is C31H44O11. The Bertz CT molecular complexity index is 1140. The Balaban J connectivity index is 1.89. The molecule has 2 aliphatic heterocycles. The van der Waals surface area contributed by atoms with Crippen molar-refractivity contribution in [2.75, 3.05) is 19.8 Å². The molecule has 0 aromatic rings. The van der Waals surface area contributed by atoms with Crippen molar-refractivity contribution in [3.63, 3.8) is 0 Å². The third-order valence-electron chi connectivity index (χ3n) is 10.2. The van der Waals surface area contributed by atoms with Gasteiger partial charge in [0.2, 0.25) is 0 Å². The van der Waals surface area contributed by atoms with E-state index in [1.807, 2.05) is 20.8 Å². The summed E-state index contributed by atoms with van der Waals surface area (Å²) in [5, 5.41) is 0. The first-order valence-corrected chi connectivity index (χ1v) is 14.9. The highest BCUT2D eigenvalue weighted by Gasteiger charge is 2.77. The molecule has 0 N–H and O–H groups in total. The molecule has 1 spiro atoms. The van der Waals surface area contributed by atoms with Crippen LogP contribution in [0.25, 0.3) is 0 Å². The number of hydrogen-bond donors (Lipinski definition) is 0. The van der Waals surface area contributed by atoms with Gasteiger partial charge < -0.3 is 28.4 Å². The second kappa shape index (κ2) is 12.0. The van der Waals surface area contributed by atoms with Crippen LogP contribution in [-0.4, -0.2) is 73.6 Å². The highest BCUT2D eigenvalue weighted by atomic mass is 16.6. The number of carbonyl (C=O) groups excluding carboxylic acids is 5. The molecule has 1 saturated heterocycles. The predicted octanol–water partition coefficient (Wildman–Crippen LogP) is 3.46. The van der Waals surface area contributed by atoms with Gasteiger partial charge in [0.1, 0.15) is 37.1 Å². The van der Waals surface area contributed by atoms with Gasteiger partial charge in [-0.3, -0.25) is 19.2 Å². The van der Waals surface area contributed by atoms with Crippen molar-refractivity contribution in [3.05, 3.63) is 11.6 Å². The van der Waals surface area contributed by atoms with Gasteiger partial charge in [0.25, 0.3) is 0 Å². The molecule has 2 saturated carbocycles. The van der Waals surface area contributed by atoms with Gasteiger partial charge in [0, 0.05) is 38.3 Å². The van der Waals surface area contributed by atoms with Gasteiger partial charge >= 0.3 is 29.8 Å². The normalized spacial score (nSPS) is 36.5. The number of carbonyl (C=O) groups is 5. The van der Waals surface area contributed by atoms with Crippen LogP contribution in [0.2, 0.25) is 0 Å². The second-order valence-electron chi connectivity index (χ2n) is 12.8. The fourth-order valence-electron chi connectivity index (χ4n) is 7.70. The van der Waals surface area contributed by atoms with E-state index in [1.54, 1.807) is 0 Å². The van der Waals surface area contributed by atoms with Crippen LogP contribution in [0.5, 0.6) is 0 Å². The molecule has 11 heteroatoms. The summed E-state index contributed by atoms with van der Waals surface area (Å²) in [6.45, 7) is 12.1. The van der Waals surface area contributed by atoms with Crippen molar-refractivity contribution >= 4 is 29.8 Å². The van der Waals surface area contributed by atoms with Crippen LogP contribution in [-0.2, 0) is 52.4 Å². The lowest BCUT2D eigenvalue weighted by atomic mass is 9.42. The second-order valence-corrected chi connectivity index (χ2v) is 12.8. The topological polar surface area (TPSA) is 144 Å². The zero-order valence-electron chi connectivity index (χ0n) is 25.7. The molecule has 0 radical (unpaired) electrons. The van der Waals surface area contributed by atoms with Crippen molar-refractivity contribution in [2.24, 2.45) is 28.6 Å². The lowest BCUT2D eigenvalue weighted by Gasteiger charge is -2.64. The molecule has 11 nitrogen and oxygen atoms in total. The number of hydrogen-bond acceptors (Lipinski definition) is 11. The summed E-state index contributed by atoms with van der Waals surface area (Å²) in [6.07, 6.45) is 1.53. The summed E-state index contributed by atoms with van der Waals surface area (Å²) in [7, 11) is 0. The zero-order chi connectivity index (χ0) is 31.0. The van der Waals surface area contributed by atoms with Gasteiger partial charge in [-0.25, -0.2) is 4.79 Å². The van der Waals surface area contributed by atoms with E-state index in [9.17, 15) is 24.0 Å². The Hall–Kier alpha value is -2.95. The average Bonchev–Trinajstić information content (AvgIpc) is 3.56. The number of rotatable bonds is 10. The highest BCUT2D eigenvalue weighted by molar-refractivity contribution is 5.85. The molecule has 0 bridgehead atoms. The molecule has 1 unspecified atom stereocenters. The predicted molar refractivity (Wildman–Crippen MR) is 146 cm³/mol. The van der Waals surface area contributed by atoms with E-state index in [0.29, 0.717) is 37.9 Å². The molecular weight excluding hydrogens is 548 g/mol. The maximum atomic E-state index is 13.3. The van der Waals surface area contributed by atoms with Crippen molar-refractivity contribution in [2.45, 2.75) is 104 Å². The first-order valence-electron chi connectivity index (χ1n) is 14.9. The molecule has 0 aromatic carbocycles. The summed E-state index contributed by atoms with van der Waals surface area (Å²) in [5.74, 6) is -3.34. The first kappa shape index (κ1) is 32.0. The quantitative estimate of drug-likeness (QED) is 0.209. The van der Waals surface area contributed by atoms with Crippen LogP contribution in [0.3, 0.4) is 0 Å². The summed E-state index contributed by atoms with van der Waals surface area (Å²) < 4.78 is 35.2. The van der Waals surface area contributed by atoms with Crippen molar-refractivity contribution in [3.8, 4) is 0 Å². The van der Waals surface area contributed by atoms with Gasteiger partial charge in [-0.05, 0) is 43.4 Å². The Labute approximate surface area is 246 Å². The zero-order valence-corrected chi connectivity index (χ0v) is 25.7. The molecule has 234 valence electrons. The van der Waals surface area contributed by atoms with Crippen LogP contribution in [0.15, 0.2) is 11.6 Å². The van der Waals surface area contributed by atoms with Gasteiger partial charge in [0.15, 0.2) is 0 Å². The summed E-state index contributed by atoms with van der Waals surface area (Å²) in [6, 6.07) is 0. The smallest absolute Gasteiger partial charge is 0.331 e. The average molecular weight is 593 g/mol. The monoisotopic (exact) mass is 592 g/mol. The van der Waals surface area contributed by atoms with Gasteiger partial charge in [-0.15, -0.1) is 0 Å². The van der Waals surface area contributed by atoms with E-state index in [1.165, 1.54) is 26.8 Å². The summed E-state index contributed by atoms with van der Waals surface area (Å²) >= 11 is 0. The minimum Gasteiger partial charge on any atom is -0.465 e. The molecule has 2 heterocycles. The van der Waals surface area contributed by atoms with E-state index < -0.39 is 64.5 Å². The first-order chi connectivity index (χ1) is 19.7. The minimum absolute atomic E-state index is 0.0000482. The number of ether oxygens (including phenoxy) is 6.